The molecule has 0 aliphatic heterocycles. The van der Waals surface area contributed by atoms with Gasteiger partial charge in [0.25, 0.3) is 5.22 Å². The van der Waals surface area contributed by atoms with Gasteiger partial charge >= 0.3 is 0 Å². The van der Waals surface area contributed by atoms with Crippen LogP contribution in [0.3, 0.4) is 0 Å². The van der Waals surface area contributed by atoms with Crippen LogP contribution in [0.5, 0.6) is 0 Å². The van der Waals surface area contributed by atoms with Crippen LogP contribution in [0.4, 0.5) is 0 Å². The summed E-state index contributed by atoms with van der Waals surface area (Å²) in [5, 5.41) is 12.3. The average molecular weight is 438 g/mol. The highest BCUT2D eigenvalue weighted by Gasteiger charge is 2.22. The summed E-state index contributed by atoms with van der Waals surface area (Å²) in [6, 6.07) is 6.51. The van der Waals surface area contributed by atoms with Crippen molar-refractivity contribution in [1.82, 2.24) is 24.6 Å². The van der Waals surface area contributed by atoms with Gasteiger partial charge in [-0.2, -0.15) is 9.29 Å². The summed E-state index contributed by atoms with van der Waals surface area (Å²) in [5.41, 5.74) is 0.544. The Morgan fingerprint density at radius 1 is 1.14 bits per heavy atom. The van der Waals surface area contributed by atoms with E-state index in [4.69, 9.17) is 8.94 Å². The molecule has 0 saturated heterocycles. The van der Waals surface area contributed by atoms with Gasteiger partial charge in [-0.1, -0.05) is 43.8 Å². The first-order valence-corrected chi connectivity index (χ1v) is 11.8. The van der Waals surface area contributed by atoms with Gasteiger partial charge < -0.3 is 8.94 Å². The monoisotopic (exact) mass is 437 g/mol. The Morgan fingerprint density at radius 3 is 2.66 bits per heavy atom. The SMILES string of the molecule is CCCc1nc(CSc2nnc(-c3cccc(S(=O)(=O)N(CC)CC)c3)o2)no1. The largest absolute Gasteiger partial charge is 0.411 e. The lowest BCUT2D eigenvalue weighted by Crippen LogP contribution is -2.30. The zero-order valence-electron chi connectivity index (χ0n) is 16.5. The fraction of sp³-hybridized carbons (Fsp3) is 0.444. The molecule has 0 saturated carbocycles. The number of rotatable bonds is 10. The van der Waals surface area contributed by atoms with Gasteiger partial charge in [-0.15, -0.1) is 10.2 Å². The minimum absolute atomic E-state index is 0.196. The number of aromatic nitrogens is 4. The fourth-order valence-electron chi connectivity index (χ4n) is 2.68. The third-order valence-corrected chi connectivity index (χ3v) is 6.99. The lowest BCUT2D eigenvalue weighted by atomic mass is 10.2. The van der Waals surface area contributed by atoms with Gasteiger partial charge in [-0.25, -0.2) is 8.42 Å². The summed E-state index contributed by atoms with van der Waals surface area (Å²) < 4.78 is 37.7. The number of aryl methyl sites for hydroxylation is 1. The Hall–Kier alpha value is -2.24. The van der Waals surface area contributed by atoms with Crippen molar-refractivity contribution in [2.75, 3.05) is 13.1 Å². The zero-order valence-corrected chi connectivity index (χ0v) is 18.2. The molecule has 0 amide bonds. The lowest BCUT2D eigenvalue weighted by Gasteiger charge is -2.18. The first-order valence-electron chi connectivity index (χ1n) is 9.36. The molecule has 3 aromatic rings. The summed E-state index contributed by atoms with van der Waals surface area (Å²) in [4.78, 5) is 4.49. The van der Waals surface area contributed by atoms with E-state index >= 15 is 0 Å². The maximum absolute atomic E-state index is 12.7. The van der Waals surface area contributed by atoms with Gasteiger partial charge in [0.2, 0.25) is 21.8 Å². The van der Waals surface area contributed by atoms with E-state index in [0.717, 1.165) is 12.8 Å². The molecule has 0 aliphatic carbocycles. The fourth-order valence-corrected chi connectivity index (χ4v) is 4.79. The Bertz CT molecular complexity index is 1040. The van der Waals surface area contributed by atoms with Crippen LogP contribution in [-0.2, 0) is 22.2 Å². The predicted molar refractivity (Wildman–Crippen MR) is 108 cm³/mol. The van der Waals surface area contributed by atoms with Crippen LogP contribution in [0.1, 0.15) is 38.9 Å². The molecule has 11 heteroatoms. The second-order valence-corrected chi connectivity index (χ2v) is 9.00. The van der Waals surface area contributed by atoms with E-state index in [2.05, 4.69) is 20.3 Å². The standard InChI is InChI=1S/C18H23N5O4S2/c1-4-8-16-19-15(22-27-16)12-28-18-21-20-17(26-18)13-9-7-10-14(11-13)29(24,25)23(5-2)6-3/h7,9-11H,4-6,8,12H2,1-3H3. The Labute approximate surface area is 173 Å². The molecule has 29 heavy (non-hydrogen) atoms. The van der Waals surface area contributed by atoms with E-state index in [1.165, 1.54) is 16.1 Å². The predicted octanol–water partition coefficient (Wildman–Crippen LogP) is 3.39. The molecule has 0 spiro atoms. The molecule has 156 valence electrons. The van der Waals surface area contributed by atoms with Crippen LogP contribution in [0.25, 0.3) is 11.5 Å². The summed E-state index contributed by atoms with van der Waals surface area (Å²) >= 11 is 1.29. The van der Waals surface area contributed by atoms with Gasteiger partial charge in [0.05, 0.1) is 10.6 Å². The normalized spacial score (nSPS) is 12.0. The van der Waals surface area contributed by atoms with Crippen LogP contribution in [-0.4, -0.2) is 46.2 Å². The molecule has 9 nitrogen and oxygen atoms in total. The maximum Gasteiger partial charge on any atom is 0.277 e. The molecular formula is C18H23N5O4S2. The molecular weight excluding hydrogens is 414 g/mol. The molecule has 0 fully saturated rings. The quantitative estimate of drug-likeness (QED) is 0.440. The number of thioether (sulfide) groups is 1. The van der Waals surface area contributed by atoms with E-state index in [1.54, 1.807) is 38.1 Å². The second-order valence-electron chi connectivity index (χ2n) is 6.13. The number of hydrogen-bond acceptors (Lipinski definition) is 9. The molecule has 2 heterocycles. The minimum atomic E-state index is -3.56. The van der Waals surface area contributed by atoms with Gasteiger partial charge in [0.15, 0.2) is 5.82 Å². The number of sulfonamides is 1. The topological polar surface area (TPSA) is 115 Å². The highest BCUT2D eigenvalue weighted by molar-refractivity contribution is 7.98. The van der Waals surface area contributed by atoms with E-state index in [0.29, 0.717) is 41.3 Å². The van der Waals surface area contributed by atoms with Crippen molar-refractivity contribution in [1.29, 1.82) is 0 Å². The molecule has 0 bridgehead atoms. The van der Waals surface area contributed by atoms with E-state index < -0.39 is 10.0 Å². The van der Waals surface area contributed by atoms with Crippen LogP contribution in [0.2, 0.25) is 0 Å². The summed E-state index contributed by atoms with van der Waals surface area (Å²) in [6.45, 7) is 6.46. The van der Waals surface area contributed by atoms with Crippen molar-refractivity contribution >= 4 is 21.8 Å². The lowest BCUT2D eigenvalue weighted by molar-refractivity contribution is 0.373. The molecule has 0 aliphatic rings. The Balaban J connectivity index is 1.73. The minimum Gasteiger partial charge on any atom is -0.411 e. The van der Waals surface area contributed by atoms with E-state index in [1.807, 2.05) is 6.92 Å². The number of benzene rings is 1. The third kappa shape index (κ3) is 5.03. The third-order valence-electron chi connectivity index (χ3n) is 4.13. The highest BCUT2D eigenvalue weighted by Crippen LogP contribution is 2.27. The molecule has 0 N–H and O–H groups in total. The van der Waals surface area contributed by atoms with Crippen molar-refractivity contribution in [2.24, 2.45) is 0 Å². The van der Waals surface area contributed by atoms with Gasteiger partial charge in [0.1, 0.15) is 0 Å². The van der Waals surface area contributed by atoms with Crippen LogP contribution >= 0.6 is 11.8 Å². The van der Waals surface area contributed by atoms with Crippen molar-refractivity contribution < 1.29 is 17.4 Å². The van der Waals surface area contributed by atoms with Gasteiger partial charge in [-0.05, 0) is 24.6 Å². The first-order chi connectivity index (χ1) is 14.0. The summed E-state index contributed by atoms with van der Waals surface area (Å²) in [7, 11) is -3.56. The molecule has 3 rings (SSSR count). The molecule has 1 aromatic carbocycles. The van der Waals surface area contributed by atoms with Crippen LogP contribution in [0.15, 0.2) is 43.3 Å². The van der Waals surface area contributed by atoms with Crippen molar-refractivity contribution in [2.45, 2.75) is 49.5 Å². The first kappa shape index (κ1) is 21.5. The molecule has 0 radical (unpaired) electrons. The van der Waals surface area contributed by atoms with E-state index in [-0.39, 0.29) is 10.8 Å². The molecule has 0 atom stereocenters. The van der Waals surface area contributed by atoms with Crippen LogP contribution in [0, 0.1) is 0 Å². The summed E-state index contributed by atoms with van der Waals surface area (Å²) in [6.07, 6.45) is 1.68. The Morgan fingerprint density at radius 2 is 1.93 bits per heavy atom. The van der Waals surface area contributed by atoms with Crippen LogP contribution < -0.4 is 0 Å². The van der Waals surface area contributed by atoms with Crippen molar-refractivity contribution in [3.63, 3.8) is 0 Å². The van der Waals surface area contributed by atoms with E-state index in [9.17, 15) is 8.42 Å². The van der Waals surface area contributed by atoms with Crippen molar-refractivity contribution in [3.05, 3.63) is 36.0 Å². The second kappa shape index (κ2) is 9.51. The highest BCUT2D eigenvalue weighted by atomic mass is 32.2. The molecule has 2 aromatic heterocycles. The average Bonchev–Trinajstić information content (AvgIpc) is 3.37. The number of hydrogen-bond donors (Lipinski definition) is 0. The van der Waals surface area contributed by atoms with Crippen molar-refractivity contribution in [3.8, 4) is 11.5 Å². The number of nitrogens with zero attached hydrogens (tertiary/aromatic N) is 5. The summed E-state index contributed by atoms with van der Waals surface area (Å²) in [5.74, 6) is 1.86. The zero-order chi connectivity index (χ0) is 20.9. The van der Waals surface area contributed by atoms with Gasteiger partial charge in [-0.3, -0.25) is 0 Å². The maximum atomic E-state index is 12.7. The molecule has 0 unspecified atom stereocenters. The smallest absolute Gasteiger partial charge is 0.277 e. The Kier molecular flexibility index (Phi) is 7.04. The van der Waals surface area contributed by atoms with Gasteiger partial charge in [0, 0.05) is 25.1 Å².